The lowest BCUT2D eigenvalue weighted by atomic mass is 10.2. The van der Waals surface area contributed by atoms with Gasteiger partial charge in [-0.3, -0.25) is 14.2 Å². The number of amides is 1. The van der Waals surface area contributed by atoms with Crippen molar-refractivity contribution in [3.8, 4) is 11.5 Å². The van der Waals surface area contributed by atoms with Gasteiger partial charge in [-0.25, -0.2) is 4.98 Å². The van der Waals surface area contributed by atoms with Gasteiger partial charge in [0.2, 0.25) is 5.91 Å². The van der Waals surface area contributed by atoms with E-state index in [1.54, 1.807) is 22.8 Å². The number of para-hydroxylation sites is 3. The lowest BCUT2D eigenvalue weighted by Gasteiger charge is -2.13. The number of anilines is 1. The molecule has 6 nitrogen and oxygen atoms in total. The molecule has 1 heterocycles. The van der Waals surface area contributed by atoms with Crippen molar-refractivity contribution in [1.29, 1.82) is 0 Å². The normalized spacial score (nSPS) is 10.8. The number of hydrogen-bond donors (Lipinski definition) is 1. The molecular weight excluding hydrogens is 422 g/mol. The summed E-state index contributed by atoms with van der Waals surface area (Å²) >= 11 is 1.24. The first-order valence-corrected chi connectivity index (χ1v) is 11.3. The van der Waals surface area contributed by atoms with Crippen molar-refractivity contribution in [2.24, 2.45) is 0 Å². The smallest absolute Gasteiger partial charge is 0.262 e. The van der Waals surface area contributed by atoms with Crippen molar-refractivity contribution in [2.75, 3.05) is 11.1 Å². The van der Waals surface area contributed by atoms with Gasteiger partial charge < -0.3 is 10.1 Å². The highest BCUT2D eigenvalue weighted by molar-refractivity contribution is 7.99. The number of nitrogens with one attached hydrogen (secondary N) is 1. The summed E-state index contributed by atoms with van der Waals surface area (Å²) in [5, 5.41) is 4.00. The van der Waals surface area contributed by atoms with Crippen molar-refractivity contribution in [3.63, 3.8) is 0 Å². The van der Waals surface area contributed by atoms with Crippen LogP contribution in [0.3, 0.4) is 0 Å². The Morgan fingerprint density at radius 2 is 1.75 bits per heavy atom. The van der Waals surface area contributed by atoms with Crippen molar-refractivity contribution in [3.05, 3.63) is 88.7 Å². The van der Waals surface area contributed by atoms with E-state index < -0.39 is 0 Å². The summed E-state index contributed by atoms with van der Waals surface area (Å²) in [6.07, 6.45) is 0. The summed E-state index contributed by atoms with van der Waals surface area (Å²) in [5.41, 5.74) is 2.25. The number of carbonyl (C=O) groups is 1. The van der Waals surface area contributed by atoms with E-state index in [0.29, 0.717) is 39.8 Å². The number of carbonyl (C=O) groups excluding carboxylic acids is 1. The molecule has 0 spiro atoms. The summed E-state index contributed by atoms with van der Waals surface area (Å²) in [7, 11) is 0. The summed E-state index contributed by atoms with van der Waals surface area (Å²) < 4.78 is 7.54. The van der Waals surface area contributed by atoms with Crippen molar-refractivity contribution >= 4 is 34.3 Å². The first kappa shape index (κ1) is 21.6. The SMILES string of the molecule is CCn1c(SCC(=O)Nc2ccccc2Oc2ccc(C)cc2)nc2ccccc2c1=O. The summed E-state index contributed by atoms with van der Waals surface area (Å²) in [6, 6.07) is 22.2. The third-order valence-electron chi connectivity index (χ3n) is 4.89. The third-order valence-corrected chi connectivity index (χ3v) is 5.86. The van der Waals surface area contributed by atoms with Gasteiger partial charge in [-0.15, -0.1) is 0 Å². The summed E-state index contributed by atoms with van der Waals surface area (Å²) in [6.45, 7) is 4.38. The zero-order valence-electron chi connectivity index (χ0n) is 17.9. The van der Waals surface area contributed by atoms with E-state index in [9.17, 15) is 9.59 Å². The Labute approximate surface area is 190 Å². The zero-order chi connectivity index (χ0) is 22.5. The number of thioether (sulfide) groups is 1. The molecule has 4 rings (SSSR count). The fourth-order valence-electron chi connectivity index (χ4n) is 3.25. The van der Waals surface area contributed by atoms with E-state index >= 15 is 0 Å². The average molecular weight is 446 g/mol. The Bertz CT molecular complexity index is 1320. The molecule has 1 N–H and O–H groups in total. The Hall–Kier alpha value is -3.58. The van der Waals surface area contributed by atoms with Crippen LogP contribution in [0.5, 0.6) is 11.5 Å². The van der Waals surface area contributed by atoms with Gasteiger partial charge in [-0.2, -0.15) is 0 Å². The van der Waals surface area contributed by atoms with Gasteiger partial charge in [0.05, 0.1) is 22.3 Å². The number of nitrogens with zero attached hydrogens (tertiary/aromatic N) is 2. The molecular formula is C25H23N3O3S. The molecule has 0 saturated heterocycles. The maximum Gasteiger partial charge on any atom is 0.262 e. The van der Waals surface area contributed by atoms with Gasteiger partial charge in [0.25, 0.3) is 5.56 Å². The monoisotopic (exact) mass is 445 g/mol. The quantitative estimate of drug-likeness (QED) is 0.311. The molecule has 0 aliphatic carbocycles. The fourth-order valence-corrected chi connectivity index (χ4v) is 4.11. The van der Waals surface area contributed by atoms with Gasteiger partial charge in [0, 0.05) is 6.54 Å². The van der Waals surface area contributed by atoms with Crippen LogP contribution in [-0.4, -0.2) is 21.2 Å². The maximum atomic E-state index is 12.7. The molecule has 0 radical (unpaired) electrons. The Morgan fingerprint density at radius 3 is 2.53 bits per heavy atom. The second-order valence-electron chi connectivity index (χ2n) is 7.21. The Kier molecular flexibility index (Phi) is 6.56. The van der Waals surface area contributed by atoms with Gasteiger partial charge in [-0.05, 0) is 50.2 Å². The number of fused-ring (bicyclic) bond motifs is 1. The van der Waals surface area contributed by atoms with E-state index in [2.05, 4.69) is 10.3 Å². The lowest BCUT2D eigenvalue weighted by molar-refractivity contribution is -0.113. The lowest BCUT2D eigenvalue weighted by Crippen LogP contribution is -2.23. The van der Waals surface area contributed by atoms with E-state index in [4.69, 9.17) is 4.74 Å². The molecule has 32 heavy (non-hydrogen) atoms. The highest BCUT2D eigenvalue weighted by atomic mass is 32.2. The second-order valence-corrected chi connectivity index (χ2v) is 8.15. The zero-order valence-corrected chi connectivity index (χ0v) is 18.7. The minimum absolute atomic E-state index is 0.0992. The van der Waals surface area contributed by atoms with Crippen molar-refractivity contribution in [1.82, 2.24) is 9.55 Å². The summed E-state index contributed by atoms with van der Waals surface area (Å²) in [4.78, 5) is 30.0. The van der Waals surface area contributed by atoms with Gasteiger partial charge in [-0.1, -0.05) is 53.7 Å². The molecule has 162 valence electrons. The van der Waals surface area contributed by atoms with Crippen LogP contribution in [0, 0.1) is 6.92 Å². The molecule has 0 fully saturated rings. The minimum Gasteiger partial charge on any atom is -0.455 e. The van der Waals surface area contributed by atoms with E-state index in [1.165, 1.54) is 11.8 Å². The number of benzene rings is 3. The predicted octanol–water partition coefficient (Wildman–Crippen LogP) is 5.25. The predicted molar refractivity (Wildman–Crippen MR) is 129 cm³/mol. The highest BCUT2D eigenvalue weighted by Gasteiger charge is 2.13. The van der Waals surface area contributed by atoms with Crippen LogP contribution in [0.1, 0.15) is 12.5 Å². The van der Waals surface area contributed by atoms with Gasteiger partial charge in [0.15, 0.2) is 10.9 Å². The molecule has 0 atom stereocenters. The van der Waals surface area contributed by atoms with Crippen LogP contribution in [-0.2, 0) is 11.3 Å². The fraction of sp³-hybridized carbons (Fsp3) is 0.160. The van der Waals surface area contributed by atoms with Crippen LogP contribution in [0.2, 0.25) is 0 Å². The topological polar surface area (TPSA) is 73.2 Å². The van der Waals surface area contributed by atoms with Crippen molar-refractivity contribution < 1.29 is 9.53 Å². The van der Waals surface area contributed by atoms with Crippen LogP contribution in [0.4, 0.5) is 5.69 Å². The molecule has 3 aromatic carbocycles. The molecule has 0 saturated carbocycles. The minimum atomic E-state index is -0.208. The van der Waals surface area contributed by atoms with Gasteiger partial charge >= 0.3 is 0 Å². The molecule has 1 aromatic heterocycles. The molecule has 0 bridgehead atoms. The van der Waals surface area contributed by atoms with Crippen molar-refractivity contribution in [2.45, 2.75) is 25.5 Å². The average Bonchev–Trinajstić information content (AvgIpc) is 2.80. The molecule has 0 unspecified atom stereocenters. The molecule has 7 heteroatoms. The Balaban J connectivity index is 1.48. The third kappa shape index (κ3) is 4.84. The number of hydrogen-bond acceptors (Lipinski definition) is 5. The first-order valence-electron chi connectivity index (χ1n) is 10.3. The van der Waals surface area contributed by atoms with Gasteiger partial charge in [0.1, 0.15) is 5.75 Å². The Morgan fingerprint density at radius 1 is 1.03 bits per heavy atom. The standard InChI is InChI=1S/C25H23N3O3S/c1-3-28-24(30)19-8-4-5-9-20(19)27-25(28)32-16-23(29)26-21-10-6-7-11-22(21)31-18-14-12-17(2)13-15-18/h4-15H,3,16H2,1-2H3,(H,26,29). The number of ether oxygens (including phenoxy) is 1. The largest absolute Gasteiger partial charge is 0.455 e. The molecule has 0 aliphatic rings. The van der Waals surface area contributed by atoms with E-state index in [1.807, 2.05) is 68.4 Å². The first-order chi connectivity index (χ1) is 15.5. The van der Waals surface area contributed by atoms with Crippen LogP contribution < -0.4 is 15.6 Å². The number of aromatic nitrogens is 2. The van der Waals surface area contributed by atoms with E-state index in [0.717, 1.165) is 5.56 Å². The molecule has 4 aromatic rings. The highest BCUT2D eigenvalue weighted by Crippen LogP contribution is 2.29. The van der Waals surface area contributed by atoms with Crippen LogP contribution >= 0.6 is 11.8 Å². The summed E-state index contributed by atoms with van der Waals surface area (Å²) in [5.74, 6) is 1.16. The molecule has 0 aliphatic heterocycles. The van der Waals surface area contributed by atoms with Crippen LogP contribution in [0.25, 0.3) is 10.9 Å². The van der Waals surface area contributed by atoms with E-state index in [-0.39, 0.29) is 17.2 Å². The van der Waals surface area contributed by atoms with Crippen LogP contribution in [0.15, 0.2) is 82.7 Å². The number of rotatable bonds is 7. The molecule has 1 amide bonds. The maximum absolute atomic E-state index is 12.7. The number of aryl methyl sites for hydroxylation is 1. The second kappa shape index (κ2) is 9.70.